The van der Waals surface area contributed by atoms with Crippen molar-refractivity contribution in [3.63, 3.8) is 0 Å². The summed E-state index contributed by atoms with van der Waals surface area (Å²) in [4.78, 5) is 25.7. The van der Waals surface area contributed by atoms with Crippen LogP contribution in [-0.4, -0.2) is 80.4 Å². The summed E-state index contributed by atoms with van der Waals surface area (Å²) in [6, 6.07) is 9.66. The number of aromatic amines is 1. The number of fused-ring (bicyclic) bond motifs is 1. The Labute approximate surface area is 226 Å². The van der Waals surface area contributed by atoms with Crippen molar-refractivity contribution in [3.8, 4) is 11.5 Å². The van der Waals surface area contributed by atoms with Crippen LogP contribution in [0.25, 0.3) is 10.9 Å². The third kappa shape index (κ3) is 5.11. The molecule has 204 valence electrons. The van der Waals surface area contributed by atoms with Crippen molar-refractivity contribution in [2.45, 2.75) is 44.3 Å². The summed E-state index contributed by atoms with van der Waals surface area (Å²) in [5.74, 6) is 1.91. The molecule has 2 aliphatic rings. The first-order valence-corrected chi connectivity index (χ1v) is 13.6. The second kappa shape index (κ2) is 11.1. The van der Waals surface area contributed by atoms with Gasteiger partial charge in [-0.1, -0.05) is 12.8 Å². The van der Waals surface area contributed by atoms with E-state index in [-0.39, 0.29) is 17.6 Å². The van der Waals surface area contributed by atoms with E-state index in [1.165, 1.54) is 18.4 Å². The molecule has 1 unspecified atom stereocenters. The minimum Gasteiger partial charge on any atom is -0.493 e. The lowest BCUT2D eigenvalue weighted by atomic mass is 10.0. The Kier molecular flexibility index (Phi) is 7.25. The van der Waals surface area contributed by atoms with Crippen LogP contribution in [0, 0.1) is 0 Å². The van der Waals surface area contributed by atoms with E-state index < -0.39 is 0 Å². The number of aromatic nitrogens is 6. The number of rotatable bonds is 8. The number of nitrogens with one attached hydrogen (secondary N) is 1. The summed E-state index contributed by atoms with van der Waals surface area (Å²) in [6.07, 6.45) is 8.11. The average molecular weight is 531 g/mol. The van der Waals surface area contributed by atoms with E-state index in [1.807, 2.05) is 29.2 Å². The van der Waals surface area contributed by atoms with Gasteiger partial charge in [0.25, 0.3) is 5.56 Å². The summed E-state index contributed by atoms with van der Waals surface area (Å²) in [6.45, 7) is 4.20. The van der Waals surface area contributed by atoms with Gasteiger partial charge in [-0.25, -0.2) is 4.68 Å². The molecule has 11 heteroatoms. The van der Waals surface area contributed by atoms with Gasteiger partial charge >= 0.3 is 0 Å². The molecular formula is C28H34N8O3. The number of methoxy groups -OCH3 is 2. The van der Waals surface area contributed by atoms with Gasteiger partial charge in [0.2, 0.25) is 0 Å². The summed E-state index contributed by atoms with van der Waals surface area (Å²) < 4.78 is 13.0. The smallest absolute Gasteiger partial charge is 0.253 e. The molecule has 6 rings (SSSR count). The van der Waals surface area contributed by atoms with Crippen molar-refractivity contribution in [1.29, 1.82) is 0 Å². The predicted molar refractivity (Wildman–Crippen MR) is 146 cm³/mol. The highest BCUT2D eigenvalue weighted by Crippen LogP contribution is 2.36. The van der Waals surface area contributed by atoms with Gasteiger partial charge in [0, 0.05) is 62.1 Å². The Bertz CT molecular complexity index is 1470. The van der Waals surface area contributed by atoms with E-state index in [0.717, 1.165) is 56.8 Å². The Hall–Kier alpha value is -3.83. The second-order valence-electron chi connectivity index (χ2n) is 10.3. The van der Waals surface area contributed by atoms with E-state index in [9.17, 15) is 4.79 Å². The van der Waals surface area contributed by atoms with Crippen molar-refractivity contribution in [2.24, 2.45) is 0 Å². The van der Waals surface area contributed by atoms with Gasteiger partial charge in [-0.2, -0.15) is 0 Å². The van der Waals surface area contributed by atoms with Crippen LogP contribution in [0.4, 0.5) is 0 Å². The number of nitrogens with zero attached hydrogens (tertiary/aromatic N) is 7. The number of benzene rings is 1. The summed E-state index contributed by atoms with van der Waals surface area (Å²) in [5, 5.41) is 13.9. The standard InChI is InChI=1S/C28H34N8O3/c1-38-24-16-20-15-22(28(37)30-23(20)17-25(24)39-2)26(27-31-32-33-36(27)21-5-3-4-6-21)35-13-11-34(12-14-35)18-19-7-9-29-10-8-19/h7-10,15-17,21,26H,3-6,11-14,18H2,1-2H3,(H,30,37). The van der Waals surface area contributed by atoms with Crippen molar-refractivity contribution in [3.05, 3.63) is 70.0 Å². The van der Waals surface area contributed by atoms with Gasteiger partial charge in [-0.05, 0) is 53.1 Å². The van der Waals surface area contributed by atoms with Crippen molar-refractivity contribution < 1.29 is 9.47 Å². The molecule has 1 aromatic carbocycles. The zero-order valence-corrected chi connectivity index (χ0v) is 22.4. The molecule has 1 N–H and O–H groups in total. The molecule has 0 spiro atoms. The second-order valence-corrected chi connectivity index (χ2v) is 10.3. The van der Waals surface area contributed by atoms with Crippen molar-refractivity contribution >= 4 is 10.9 Å². The lowest BCUT2D eigenvalue weighted by molar-refractivity contribution is 0.0989. The number of hydrogen-bond donors (Lipinski definition) is 1. The number of piperazine rings is 1. The Morgan fingerprint density at radius 2 is 1.72 bits per heavy atom. The maximum Gasteiger partial charge on any atom is 0.253 e. The summed E-state index contributed by atoms with van der Waals surface area (Å²) in [7, 11) is 3.20. The van der Waals surface area contributed by atoms with E-state index in [2.05, 4.69) is 47.4 Å². The van der Waals surface area contributed by atoms with Gasteiger partial charge in [0.1, 0.15) is 6.04 Å². The highest BCUT2D eigenvalue weighted by molar-refractivity contribution is 5.83. The van der Waals surface area contributed by atoms with Gasteiger partial charge in [-0.15, -0.1) is 5.10 Å². The van der Waals surface area contributed by atoms with Crippen LogP contribution in [-0.2, 0) is 6.54 Å². The topological polar surface area (TPSA) is 114 Å². The van der Waals surface area contributed by atoms with E-state index >= 15 is 0 Å². The maximum absolute atomic E-state index is 13.7. The van der Waals surface area contributed by atoms with E-state index in [0.29, 0.717) is 22.6 Å². The van der Waals surface area contributed by atoms with Crippen LogP contribution in [0.5, 0.6) is 11.5 Å². The summed E-state index contributed by atoms with van der Waals surface area (Å²) >= 11 is 0. The van der Waals surface area contributed by atoms with Gasteiger partial charge < -0.3 is 14.5 Å². The third-order valence-corrected chi connectivity index (χ3v) is 8.03. The molecule has 1 aliphatic heterocycles. The molecule has 1 atom stereocenters. The lowest BCUT2D eigenvalue weighted by Crippen LogP contribution is -2.48. The molecule has 1 aliphatic carbocycles. The Balaban J connectivity index is 1.37. The summed E-state index contributed by atoms with van der Waals surface area (Å²) in [5.41, 5.74) is 2.42. The van der Waals surface area contributed by atoms with Gasteiger partial charge in [0.05, 0.1) is 25.8 Å². The van der Waals surface area contributed by atoms with Crippen molar-refractivity contribution in [1.82, 2.24) is 40.0 Å². The largest absolute Gasteiger partial charge is 0.493 e. The third-order valence-electron chi connectivity index (χ3n) is 8.03. The number of pyridine rings is 2. The van der Waals surface area contributed by atoms with Gasteiger partial charge in [-0.3, -0.25) is 19.6 Å². The molecule has 4 aromatic rings. The number of ether oxygens (including phenoxy) is 2. The molecule has 2 fully saturated rings. The molecule has 39 heavy (non-hydrogen) atoms. The van der Waals surface area contributed by atoms with E-state index in [1.54, 1.807) is 20.3 Å². The first-order chi connectivity index (χ1) is 19.1. The lowest BCUT2D eigenvalue weighted by Gasteiger charge is -2.39. The molecule has 3 aromatic heterocycles. The molecule has 4 heterocycles. The molecule has 11 nitrogen and oxygen atoms in total. The van der Waals surface area contributed by atoms with E-state index in [4.69, 9.17) is 9.47 Å². The Morgan fingerprint density at radius 1 is 1.00 bits per heavy atom. The van der Waals surface area contributed by atoms with Crippen LogP contribution < -0.4 is 15.0 Å². The maximum atomic E-state index is 13.7. The monoisotopic (exact) mass is 530 g/mol. The minimum atomic E-state index is -0.370. The highest BCUT2D eigenvalue weighted by Gasteiger charge is 2.34. The zero-order valence-electron chi connectivity index (χ0n) is 22.4. The number of tetrazole rings is 1. The average Bonchev–Trinajstić information content (AvgIpc) is 3.67. The van der Waals surface area contributed by atoms with Crippen LogP contribution >= 0.6 is 0 Å². The van der Waals surface area contributed by atoms with Crippen LogP contribution in [0.2, 0.25) is 0 Å². The van der Waals surface area contributed by atoms with Crippen molar-refractivity contribution in [2.75, 3.05) is 40.4 Å². The first kappa shape index (κ1) is 25.4. The van der Waals surface area contributed by atoms with Gasteiger partial charge in [0.15, 0.2) is 17.3 Å². The molecule has 0 amide bonds. The Morgan fingerprint density at radius 3 is 2.44 bits per heavy atom. The molecule has 0 bridgehead atoms. The molecular weight excluding hydrogens is 496 g/mol. The minimum absolute atomic E-state index is 0.153. The predicted octanol–water partition coefficient (Wildman–Crippen LogP) is 2.95. The quantitative estimate of drug-likeness (QED) is 0.367. The highest BCUT2D eigenvalue weighted by atomic mass is 16.5. The first-order valence-electron chi connectivity index (χ1n) is 13.6. The SMILES string of the molecule is COc1cc2cc(C(c3nnnn3C3CCCC3)N3CCN(Cc4ccncc4)CC3)c(=O)[nH]c2cc1OC. The number of H-pyrrole nitrogens is 1. The number of hydrogen-bond acceptors (Lipinski definition) is 9. The fourth-order valence-electron chi connectivity index (χ4n) is 5.97. The van der Waals surface area contributed by atoms with Crippen LogP contribution in [0.15, 0.2) is 47.5 Å². The van der Waals surface area contributed by atoms with Crippen LogP contribution in [0.3, 0.4) is 0 Å². The normalized spacial score (nSPS) is 18.0. The molecule has 1 saturated heterocycles. The molecule has 1 saturated carbocycles. The molecule has 0 radical (unpaired) electrons. The van der Waals surface area contributed by atoms with Crippen LogP contribution in [0.1, 0.15) is 54.7 Å². The fraction of sp³-hybridized carbons (Fsp3) is 0.464. The zero-order chi connectivity index (χ0) is 26.8. The fourth-order valence-corrected chi connectivity index (χ4v) is 5.97.